The number of sulfone groups is 1. The van der Waals surface area contributed by atoms with Crippen LogP contribution in [-0.4, -0.2) is 30.8 Å². The van der Waals surface area contributed by atoms with Gasteiger partial charge < -0.3 is 5.32 Å². The summed E-state index contributed by atoms with van der Waals surface area (Å²) < 4.78 is 24.5. The Kier molecular flexibility index (Phi) is 7.24. The van der Waals surface area contributed by atoms with Gasteiger partial charge in [0.15, 0.2) is 15.0 Å². The van der Waals surface area contributed by atoms with E-state index in [2.05, 4.69) is 17.2 Å². The number of aryl methyl sites for hydroxylation is 2. The molecule has 28 heavy (non-hydrogen) atoms. The van der Waals surface area contributed by atoms with Crippen molar-refractivity contribution in [3.63, 3.8) is 0 Å². The van der Waals surface area contributed by atoms with E-state index in [4.69, 9.17) is 0 Å². The summed E-state index contributed by atoms with van der Waals surface area (Å²) in [5.74, 6) is -0.255. The number of aromatic nitrogens is 1. The van der Waals surface area contributed by atoms with E-state index in [1.54, 1.807) is 0 Å². The lowest BCUT2D eigenvalue weighted by molar-refractivity contribution is -0.113. The maximum absolute atomic E-state index is 12.3. The molecule has 0 aliphatic heterocycles. The number of hydrogen-bond acceptors (Lipinski definition) is 5. The molecular weight excluding hydrogens is 392 g/mol. The minimum absolute atomic E-state index is 0.0163. The van der Waals surface area contributed by atoms with Crippen LogP contribution in [0.3, 0.4) is 0 Å². The number of hydrogen-bond donors (Lipinski definition) is 1. The fourth-order valence-electron chi connectivity index (χ4n) is 3.72. The predicted octanol–water partition coefficient (Wildman–Crippen LogP) is 4.03. The van der Waals surface area contributed by atoms with Crippen LogP contribution in [0, 0.1) is 5.92 Å². The molecule has 1 unspecified atom stereocenters. The van der Waals surface area contributed by atoms with Gasteiger partial charge in [-0.2, -0.15) is 0 Å². The zero-order valence-electron chi connectivity index (χ0n) is 16.3. The first-order chi connectivity index (χ1) is 13.4. The van der Waals surface area contributed by atoms with Gasteiger partial charge in [0.25, 0.3) is 0 Å². The van der Waals surface area contributed by atoms with Crippen molar-refractivity contribution in [1.82, 2.24) is 4.98 Å². The number of carbonyl (C=O) groups is 1. The van der Waals surface area contributed by atoms with E-state index in [-0.39, 0.29) is 5.75 Å². The van der Waals surface area contributed by atoms with Crippen molar-refractivity contribution in [3.8, 4) is 0 Å². The van der Waals surface area contributed by atoms with Gasteiger partial charge in [-0.25, -0.2) is 13.4 Å². The zero-order valence-corrected chi connectivity index (χ0v) is 17.9. The molecule has 1 N–H and O–H groups in total. The average Bonchev–Trinajstić information content (AvgIpc) is 3.03. The second-order valence-electron chi connectivity index (χ2n) is 7.52. The summed E-state index contributed by atoms with van der Waals surface area (Å²) in [5.41, 5.74) is 2.18. The van der Waals surface area contributed by atoms with Crippen molar-refractivity contribution >= 4 is 32.2 Å². The molecule has 1 heterocycles. The molecule has 1 aromatic carbocycles. The lowest BCUT2D eigenvalue weighted by Gasteiger charge is -2.19. The largest absolute Gasteiger partial charge is 0.301 e. The monoisotopic (exact) mass is 420 g/mol. The fourth-order valence-corrected chi connectivity index (χ4v) is 6.06. The molecule has 7 heteroatoms. The van der Waals surface area contributed by atoms with Crippen LogP contribution in [-0.2, 0) is 33.9 Å². The molecule has 1 amide bonds. The molecule has 152 valence electrons. The lowest BCUT2D eigenvalue weighted by Crippen LogP contribution is -2.24. The third-order valence-electron chi connectivity index (χ3n) is 5.10. The summed E-state index contributed by atoms with van der Waals surface area (Å²) in [4.78, 5) is 18.0. The second kappa shape index (κ2) is 9.65. The molecule has 0 radical (unpaired) electrons. The van der Waals surface area contributed by atoms with E-state index in [1.165, 1.54) is 29.1 Å². The molecule has 2 aromatic rings. The van der Waals surface area contributed by atoms with Crippen LogP contribution >= 0.6 is 11.3 Å². The minimum atomic E-state index is -3.42. The van der Waals surface area contributed by atoms with Gasteiger partial charge in [0.05, 0.1) is 11.4 Å². The van der Waals surface area contributed by atoms with Gasteiger partial charge in [0.2, 0.25) is 5.91 Å². The van der Waals surface area contributed by atoms with Gasteiger partial charge in [-0.15, -0.1) is 11.3 Å². The number of benzene rings is 1. The number of nitrogens with zero attached hydrogens (tertiary/aromatic N) is 1. The van der Waals surface area contributed by atoms with Crippen molar-refractivity contribution < 1.29 is 13.2 Å². The first-order valence-corrected chi connectivity index (χ1v) is 12.6. The smallest absolute Gasteiger partial charge is 0.241 e. The molecule has 0 spiro atoms. The Hall–Kier alpha value is -1.73. The normalized spacial score (nSPS) is 16.5. The third kappa shape index (κ3) is 6.14. The van der Waals surface area contributed by atoms with Crippen LogP contribution < -0.4 is 5.32 Å². The van der Waals surface area contributed by atoms with Crippen molar-refractivity contribution in [2.45, 2.75) is 51.9 Å². The summed E-state index contributed by atoms with van der Waals surface area (Å²) >= 11 is 1.50. The van der Waals surface area contributed by atoms with Crippen molar-refractivity contribution in [3.05, 3.63) is 46.5 Å². The number of nitrogens with one attached hydrogen (secondary N) is 1. The summed E-state index contributed by atoms with van der Waals surface area (Å²) in [6.07, 6.45) is 6.74. The van der Waals surface area contributed by atoms with Gasteiger partial charge >= 0.3 is 0 Å². The van der Waals surface area contributed by atoms with Crippen LogP contribution in [0.2, 0.25) is 0 Å². The van der Waals surface area contributed by atoms with Crippen LogP contribution in [0.4, 0.5) is 5.13 Å². The van der Waals surface area contributed by atoms with E-state index >= 15 is 0 Å². The van der Waals surface area contributed by atoms with Gasteiger partial charge in [-0.05, 0) is 43.6 Å². The maximum Gasteiger partial charge on any atom is 0.241 e. The fraction of sp³-hybridized carbons (Fsp3) is 0.524. The quantitative estimate of drug-likeness (QED) is 0.664. The topological polar surface area (TPSA) is 76.1 Å². The molecule has 1 atom stereocenters. The molecular formula is C21H28N2O3S2. The minimum Gasteiger partial charge on any atom is -0.301 e. The summed E-state index contributed by atoms with van der Waals surface area (Å²) in [6, 6.07) is 9.78. The number of rotatable bonds is 9. The van der Waals surface area contributed by atoms with E-state index in [0.29, 0.717) is 23.9 Å². The van der Waals surface area contributed by atoms with Gasteiger partial charge in [-0.3, -0.25) is 4.79 Å². The molecule has 1 aliphatic rings. The number of carbonyl (C=O) groups excluding carboxylic acids is 1. The first kappa shape index (κ1) is 21.0. The van der Waals surface area contributed by atoms with Crippen LogP contribution in [0.15, 0.2) is 30.3 Å². The Labute approximate surface area is 171 Å². The standard InChI is InChI=1S/C21H28N2O3S2/c1-2-7-17-11-12-18-19(14-17)27-21(22-18)23-20(24)15-28(25,26)13-6-10-16-8-4-3-5-9-16/h3-5,8-9,17H,2,6-7,10-15H2,1H3,(H,22,23,24). The van der Waals surface area contributed by atoms with Crippen molar-refractivity contribution in [1.29, 1.82) is 0 Å². The molecule has 1 aromatic heterocycles. The van der Waals surface area contributed by atoms with E-state index in [9.17, 15) is 13.2 Å². The summed E-state index contributed by atoms with van der Waals surface area (Å²) in [5, 5.41) is 3.23. The van der Waals surface area contributed by atoms with Crippen molar-refractivity contribution in [2.24, 2.45) is 5.92 Å². The van der Waals surface area contributed by atoms with Gasteiger partial charge in [0, 0.05) is 4.88 Å². The Bertz CT molecular complexity index is 892. The molecule has 0 saturated heterocycles. The highest BCUT2D eigenvalue weighted by atomic mass is 32.2. The predicted molar refractivity (Wildman–Crippen MR) is 115 cm³/mol. The Morgan fingerprint density at radius 3 is 2.82 bits per heavy atom. The average molecular weight is 421 g/mol. The Morgan fingerprint density at radius 1 is 1.29 bits per heavy atom. The number of fused-ring (bicyclic) bond motifs is 1. The van der Waals surface area contributed by atoms with Crippen molar-refractivity contribution in [2.75, 3.05) is 16.8 Å². The Balaban J connectivity index is 1.48. The number of amides is 1. The Morgan fingerprint density at radius 2 is 2.07 bits per heavy atom. The molecule has 5 nitrogen and oxygen atoms in total. The molecule has 0 fully saturated rings. The van der Waals surface area contributed by atoms with Gasteiger partial charge in [-0.1, -0.05) is 50.1 Å². The first-order valence-electron chi connectivity index (χ1n) is 9.98. The van der Waals surface area contributed by atoms with Crippen LogP contribution in [0.5, 0.6) is 0 Å². The highest BCUT2D eigenvalue weighted by molar-refractivity contribution is 7.92. The molecule has 1 aliphatic carbocycles. The highest BCUT2D eigenvalue weighted by Crippen LogP contribution is 2.34. The number of anilines is 1. The van der Waals surface area contributed by atoms with Crippen LogP contribution in [0.1, 0.15) is 48.7 Å². The maximum atomic E-state index is 12.3. The zero-order chi connectivity index (χ0) is 20.0. The summed E-state index contributed by atoms with van der Waals surface area (Å²) in [7, 11) is -3.42. The van der Waals surface area contributed by atoms with E-state index < -0.39 is 21.5 Å². The number of thiazole rings is 1. The summed E-state index contributed by atoms with van der Waals surface area (Å²) in [6.45, 7) is 2.20. The third-order valence-corrected chi connectivity index (χ3v) is 7.75. The molecule has 3 rings (SSSR count). The lowest BCUT2D eigenvalue weighted by atomic mass is 9.88. The highest BCUT2D eigenvalue weighted by Gasteiger charge is 2.23. The van der Waals surface area contributed by atoms with E-state index in [0.717, 1.165) is 30.5 Å². The SMILES string of the molecule is CCCC1CCc2nc(NC(=O)CS(=O)(=O)CCCc3ccccc3)sc2C1. The van der Waals surface area contributed by atoms with E-state index in [1.807, 2.05) is 30.3 Å². The van der Waals surface area contributed by atoms with Crippen LogP contribution in [0.25, 0.3) is 0 Å². The molecule has 0 bridgehead atoms. The second-order valence-corrected chi connectivity index (χ2v) is 10.8. The molecule has 0 saturated carbocycles. The van der Waals surface area contributed by atoms with Gasteiger partial charge in [0.1, 0.15) is 5.75 Å².